The van der Waals surface area contributed by atoms with Gasteiger partial charge in [0.25, 0.3) is 0 Å². The van der Waals surface area contributed by atoms with Crippen LogP contribution in [-0.4, -0.2) is 19.2 Å². The van der Waals surface area contributed by atoms with Crippen molar-refractivity contribution in [3.05, 3.63) is 0 Å². The van der Waals surface area contributed by atoms with Crippen LogP contribution in [0.15, 0.2) is 0 Å². The van der Waals surface area contributed by atoms with E-state index < -0.39 is 20.6 Å². The van der Waals surface area contributed by atoms with Crippen molar-refractivity contribution in [1.29, 1.82) is 0 Å². The molecule has 0 N–H and O–H groups in total. The molecule has 0 spiro atoms. The lowest BCUT2D eigenvalue weighted by molar-refractivity contribution is -0.0443. The van der Waals surface area contributed by atoms with Crippen LogP contribution < -0.4 is 0 Å². The van der Waals surface area contributed by atoms with E-state index in [2.05, 4.69) is 0 Å². The Balaban J connectivity index is 4.77. The zero-order valence-electron chi connectivity index (χ0n) is 6.14. The molecule has 0 aliphatic carbocycles. The highest BCUT2D eigenvalue weighted by molar-refractivity contribution is 7.92. The van der Waals surface area contributed by atoms with Gasteiger partial charge >= 0.3 is 5.51 Å². The second-order valence-electron chi connectivity index (χ2n) is 2.21. The predicted molar refractivity (Wildman–Crippen MR) is 34.7 cm³/mol. The molecule has 6 heteroatoms. The van der Waals surface area contributed by atoms with Crippen molar-refractivity contribution >= 4 is 9.84 Å². The summed E-state index contributed by atoms with van der Waals surface area (Å²) in [6.07, 6.45) is -0.0259. The minimum absolute atomic E-state index is 0.0259. The van der Waals surface area contributed by atoms with Gasteiger partial charge in [0.05, 0.1) is 5.25 Å². The lowest BCUT2D eigenvalue weighted by Crippen LogP contribution is -2.31. The molecule has 0 aromatic carbocycles. The summed E-state index contributed by atoms with van der Waals surface area (Å²) in [6, 6.07) is 0. The van der Waals surface area contributed by atoms with Gasteiger partial charge in [-0.05, 0) is 13.3 Å². The molecule has 0 rings (SSSR count). The van der Waals surface area contributed by atoms with E-state index in [-0.39, 0.29) is 6.42 Å². The van der Waals surface area contributed by atoms with Gasteiger partial charge in [-0.2, -0.15) is 13.2 Å². The molecule has 2 nitrogen and oxygen atoms in total. The summed E-state index contributed by atoms with van der Waals surface area (Å²) in [6.45, 7) is 2.44. The summed E-state index contributed by atoms with van der Waals surface area (Å²) in [7, 11) is -4.93. The van der Waals surface area contributed by atoms with Gasteiger partial charge < -0.3 is 0 Å². The molecule has 1 atom stereocenters. The molecule has 0 saturated heterocycles. The third kappa shape index (κ3) is 2.08. The van der Waals surface area contributed by atoms with Gasteiger partial charge in [0.1, 0.15) is 0 Å². The molecule has 0 amide bonds. The topological polar surface area (TPSA) is 34.1 Å². The molecule has 0 heterocycles. The minimum Gasteiger partial charge on any atom is -0.219 e. The SMILES string of the molecule is CCC(C)S(=O)(=O)C(F)(F)F. The molecular formula is C5H9F3O2S. The van der Waals surface area contributed by atoms with E-state index in [1.165, 1.54) is 6.92 Å². The maximum absolute atomic E-state index is 11.7. The molecule has 1 unspecified atom stereocenters. The van der Waals surface area contributed by atoms with Gasteiger partial charge in [-0.1, -0.05) is 6.92 Å². The summed E-state index contributed by atoms with van der Waals surface area (Å²) in [5.74, 6) is 0. The zero-order valence-corrected chi connectivity index (χ0v) is 6.96. The summed E-state index contributed by atoms with van der Waals surface area (Å²) in [5, 5.41) is -1.34. The van der Waals surface area contributed by atoms with Crippen LogP contribution in [0.4, 0.5) is 13.2 Å². The summed E-state index contributed by atoms with van der Waals surface area (Å²) in [4.78, 5) is 0. The van der Waals surface area contributed by atoms with Crippen LogP contribution in [0.2, 0.25) is 0 Å². The summed E-state index contributed by atoms with van der Waals surface area (Å²) >= 11 is 0. The molecule has 0 aliphatic heterocycles. The van der Waals surface area contributed by atoms with Gasteiger partial charge in [-0.25, -0.2) is 8.42 Å². The second-order valence-corrected chi connectivity index (χ2v) is 4.57. The van der Waals surface area contributed by atoms with Crippen molar-refractivity contribution in [2.45, 2.75) is 31.0 Å². The molecule has 68 valence electrons. The van der Waals surface area contributed by atoms with E-state index in [4.69, 9.17) is 0 Å². The first-order chi connectivity index (χ1) is 4.73. The van der Waals surface area contributed by atoms with Gasteiger partial charge in [0.15, 0.2) is 0 Å². The van der Waals surface area contributed by atoms with Crippen LogP contribution in [0.5, 0.6) is 0 Å². The molecule has 11 heavy (non-hydrogen) atoms. The van der Waals surface area contributed by atoms with Crippen molar-refractivity contribution in [2.24, 2.45) is 0 Å². The van der Waals surface area contributed by atoms with Gasteiger partial charge in [-0.3, -0.25) is 0 Å². The van der Waals surface area contributed by atoms with Gasteiger partial charge in [0, 0.05) is 0 Å². The van der Waals surface area contributed by atoms with E-state index in [1.807, 2.05) is 0 Å². The highest BCUT2D eigenvalue weighted by atomic mass is 32.2. The maximum Gasteiger partial charge on any atom is 0.497 e. The number of alkyl halides is 3. The lowest BCUT2D eigenvalue weighted by Gasteiger charge is -2.12. The first kappa shape index (κ1) is 10.7. The average Bonchev–Trinajstić information content (AvgIpc) is 1.83. The quantitative estimate of drug-likeness (QED) is 0.664. The molecule has 0 radical (unpaired) electrons. The van der Waals surface area contributed by atoms with Gasteiger partial charge in [-0.15, -0.1) is 0 Å². The highest BCUT2D eigenvalue weighted by Crippen LogP contribution is 2.27. The number of hydrogen-bond donors (Lipinski definition) is 0. The van der Waals surface area contributed by atoms with Crippen LogP contribution in [0.25, 0.3) is 0 Å². The number of halogens is 3. The molecule has 0 bridgehead atoms. The first-order valence-corrected chi connectivity index (χ1v) is 4.58. The van der Waals surface area contributed by atoms with E-state index in [0.717, 1.165) is 6.92 Å². The summed E-state index contributed by atoms with van der Waals surface area (Å²) in [5.41, 5.74) is -5.11. The maximum atomic E-state index is 11.7. The monoisotopic (exact) mass is 190 g/mol. The minimum atomic E-state index is -5.11. The molecule has 0 aliphatic rings. The standard InChI is InChI=1S/C5H9F3O2S/c1-3-4(2)11(9,10)5(6,7)8/h4H,3H2,1-2H3. The van der Waals surface area contributed by atoms with Crippen LogP contribution in [-0.2, 0) is 9.84 Å². The highest BCUT2D eigenvalue weighted by Gasteiger charge is 2.48. The fourth-order valence-corrected chi connectivity index (χ4v) is 1.34. The third-order valence-corrected chi connectivity index (χ3v) is 3.47. The van der Waals surface area contributed by atoms with Crippen molar-refractivity contribution in [3.63, 3.8) is 0 Å². The Morgan fingerprint density at radius 2 is 1.73 bits per heavy atom. The largest absolute Gasteiger partial charge is 0.497 e. The zero-order chi connectivity index (χ0) is 9.28. The lowest BCUT2D eigenvalue weighted by atomic mass is 10.4. The van der Waals surface area contributed by atoms with E-state index >= 15 is 0 Å². The van der Waals surface area contributed by atoms with E-state index in [0.29, 0.717) is 0 Å². The fraction of sp³-hybridized carbons (Fsp3) is 1.00. The summed E-state index contributed by atoms with van der Waals surface area (Å²) < 4.78 is 56.0. The van der Waals surface area contributed by atoms with Crippen LogP contribution in [0.3, 0.4) is 0 Å². The fourth-order valence-electron chi connectivity index (χ4n) is 0.448. The molecular weight excluding hydrogens is 181 g/mol. The predicted octanol–water partition coefficient (Wildman–Crippen LogP) is 1.72. The van der Waals surface area contributed by atoms with Crippen LogP contribution >= 0.6 is 0 Å². The number of hydrogen-bond acceptors (Lipinski definition) is 2. The Labute approximate surface area is 63.3 Å². The second kappa shape index (κ2) is 3.00. The van der Waals surface area contributed by atoms with Gasteiger partial charge in [0.2, 0.25) is 9.84 Å². The average molecular weight is 190 g/mol. The Bertz CT molecular complexity index is 216. The Kier molecular flexibility index (Phi) is 2.93. The molecule has 0 aromatic rings. The Morgan fingerprint density at radius 1 is 1.36 bits per heavy atom. The van der Waals surface area contributed by atoms with E-state index in [9.17, 15) is 21.6 Å². The van der Waals surface area contributed by atoms with E-state index in [1.54, 1.807) is 0 Å². The Morgan fingerprint density at radius 3 is 1.82 bits per heavy atom. The molecule has 0 aromatic heterocycles. The van der Waals surface area contributed by atoms with Crippen molar-refractivity contribution < 1.29 is 21.6 Å². The number of rotatable bonds is 2. The molecule has 0 fully saturated rings. The molecule has 0 saturated carbocycles. The Hall–Kier alpha value is -0.260. The van der Waals surface area contributed by atoms with Crippen LogP contribution in [0.1, 0.15) is 20.3 Å². The first-order valence-electron chi connectivity index (χ1n) is 3.03. The van der Waals surface area contributed by atoms with Crippen molar-refractivity contribution in [2.75, 3.05) is 0 Å². The number of sulfone groups is 1. The van der Waals surface area contributed by atoms with Crippen molar-refractivity contribution in [1.82, 2.24) is 0 Å². The normalized spacial score (nSPS) is 16.5. The van der Waals surface area contributed by atoms with Crippen LogP contribution in [0, 0.1) is 0 Å². The smallest absolute Gasteiger partial charge is 0.219 e. The third-order valence-electron chi connectivity index (χ3n) is 1.43. The van der Waals surface area contributed by atoms with Crippen molar-refractivity contribution in [3.8, 4) is 0 Å².